The van der Waals surface area contributed by atoms with Gasteiger partial charge >= 0.3 is 0 Å². The van der Waals surface area contributed by atoms with Gasteiger partial charge in [0.1, 0.15) is 0 Å². The van der Waals surface area contributed by atoms with Crippen molar-refractivity contribution in [3.63, 3.8) is 0 Å². The zero-order valence-electron chi connectivity index (χ0n) is 3.39. The second kappa shape index (κ2) is 1.65. The highest BCUT2D eigenvalue weighted by Crippen LogP contribution is 2.31. The third-order valence-electron chi connectivity index (χ3n) is 0.772. The highest BCUT2D eigenvalue weighted by molar-refractivity contribution is 8.12. The Hall–Kier alpha value is 0.0200. The monoisotopic (exact) mass is 102 g/mol. The maximum Gasteiger partial charge on any atom is 0.176 e. The Labute approximate surface area is 41.1 Å². The quantitative estimate of drug-likeness (QED) is 0.485. The molecule has 2 heteroatoms. The molecule has 34 valence electrons. The second-order valence-corrected chi connectivity index (χ2v) is 2.56. The minimum atomic E-state index is 0.697. The first-order valence-corrected chi connectivity index (χ1v) is 2.97. The topological polar surface area (TPSA) is 17.1 Å². The maximum absolute atomic E-state index is 9.62. The van der Waals surface area contributed by atoms with E-state index in [4.69, 9.17) is 0 Å². The SMILES string of the molecule is O=CSC1CC1. The summed E-state index contributed by atoms with van der Waals surface area (Å²) in [6.45, 7) is 0. The largest absolute Gasteiger partial charge is 0.291 e. The fraction of sp³-hybridized carbons (Fsp3) is 0.750. The van der Waals surface area contributed by atoms with Gasteiger partial charge in [0.2, 0.25) is 0 Å². The molecule has 0 heterocycles. The van der Waals surface area contributed by atoms with E-state index in [2.05, 4.69) is 0 Å². The molecule has 1 rings (SSSR count). The Morgan fingerprint density at radius 2 is 2.33 bits per heavy atom. The Balaban J connectivity index is 2.00. The first-order chi connectivity index (χ1) is 2.93. The van der Waals surface area contributed by atoms with E-state index in [1.165, 1.54) is 24.6 Å². The third-order valence-corrected chi connectivity index (χ3v) is 1.74. The van der Waals surface area contributed by atoms with Gasteiger partial charge in [-0.05, 0) is 12.8 Å². The Morgan fingerprint density at radius 3 is 2.50 bits per heavy atom. The highest BCUT2D eigenvalue weighted by Gasteiger charge is 2.20. The van der Waals surface area contributed by atoms with Crippen molar-refractivity contribution in [1.82, 2.24) is 0 Å². The van der Waals surface area contributed by atoms with Crippen LogP contribution in [0.2, 0.25) is 0 Å². The van der Waals surface area contributed by atoms with Crippen LogP contribution in [0, 0.1) is 0 Å². The molecule has 1 aliphatic carbocycles. The second-order valence-electron chi connectivity index (χ2n) is 1.43. The van der Waals surface area contributed by atoms with E-state index in [0.29, 0.717) is 5.25 Å². The van der Waals surface area contributed by atoms with Crippen molar-refractivity contribution in [2.24, 2.45) is 0 Å². The van der Waals surface area contributed by atoms with E-state index >= 15 is 0 Å². The van der Waals surface area contributed by atoms with Crippen LogP contribution in [0.3, 0.4) is 0 Å². The predicted octanol–water partition coefficient (Wildman–Crippen LogP) is 1.07. The molecule has 1 saturated carbocycles. The van der Waals surface area contributed by atoms with E-state index in [1.807, 2.05) is 0 Å². The van der Waals surface area contributed by atoms with Crippen LogP contribution in [0.4, 0.5) is 0 Å². The van der Waals surface area contributed by atoms with E-state index in [9.17, 15) is 4.79 Å². The standard InChI is InChI=1S/C4H6OS/c5-3-6-4-1-2-4/h3-4H,1-2H2. The molecular formula is C4H6OS. The predicted molar refractivity (Wildman–Crippen MR) is 27.4 cm³/mol. The maximum atomic E-state index is 9.62. The summed E-state index contributed by atoms with van der Waals surface area (Å²) in [5.41, 5.74) is 0.928. The summed E-state index contributed by atoms with van der Waals surface area (Å²) in [6.07, 6.45) is 2.51. The zero-order valence-corrected chi connectivity index (χ0v) is 4.20. The van der Waals surface area contributed by atoms with Gasteiger partial charge in [-0.2, -0.15) is 0 Å². The summed E-state index contributed by atoms with van der Waals surface area (Å²) in [4.78, 5) is 9.62. The molecule has 0 radical (unpaired) electrons. The van der Waals surface area contributed by atoms with E-state index in [1.54, 1.807) is 0 Å². The summed E-state index contributed by atoms with van der Waals surface area (Å²) in [7, 11) is 0. The van der Waals surface area contributed by atoms with Gasteiger partial charge in [0.05, 0.1) is 0 Å². The molecule has 1 nitrogen and oxygen atoms in total. The zero-order chi connectivity index (χ0) is 4.41. The summed E-state index contributed by atoms with van der Waals surface area (Å²) < 4.78 is 0. The first-order valence-electron chi connectivity index (χ1n) is 2.02. The average Bonchev–Trinajstić information content (AvgIpc) is 2.21. The van der Waals surface area contributed by atoms with Crippen molar-refractivity contribution in [2.45, 2.75) is 18.1 Å². The molecule has 6 heavy (non-hydrogen) atoms. The third kappa shape index (κ3) is 1.01. The number of carbonyl (C=O) groups excluding carboxylic acids is 1. The minimum Gasteiger partial charge on any atom is -0.291 e. The molecule has 1 aliphatic rings. The molecule has 0 amide bonds. The van der Waals surface area contributed by atoms with E-state index in [0.717, 1.165) is 5.62 Å². The molecular weight excluding hydrogens is 96.1 g/mol. The Morgan fingerprint density at radius 1 is 1.67 bits per heavy atom. The molecule has 0 aliphatic heterocycles. The molecule has 0 bridgehead atoms. The molecule has 0 aromatic carbocycles. The number of hydrogen-bond acceptors (Lipinski definition) is 2. The van der Waals surface area contributed by atoms with Gasteiger partial charge < -0.3 is 0 Å². The van der Waals surface area contributed by atoms with Crippen LogP contribution >= 0.6 is 11.8 Å². The Kier molecular flexibility index (Phi) is 1.15. The molecule has 0 N–H and O–H groups in total. The van der Waals surface area contributed by atoms with Crippen molar-refractivity contribution in [3.05, 3.63) is 0 Å². The van der Waals surface area contributed by atoms with Gasteiger partial charge in [-0.15, -0.1) is 0 Å². The fourth-order valence-corrected chi connectivity index (χ4v) is 0.848. The van der Waals surface area contributed by atoms with Crippen molar-refractivity contribution in [1.29, 1.82) is 0 Å². The van der Waals surface area contributed by atoms with Gasteiger partial charge in [0.15, 0.2) is 5.62 Å². The van der Waals surface area contributed by atoms with Gasteiger partial charge in [0, 0.05) is 5.25 Å². The van der Waals surface area contributed by atoms with Gasteiger partial charge in [-0.3, -0.25) is 4.79 Å². The first kappa shape index (κ1) is 4.19. The summed E-state index contributed by atoms with van der Waals surface area (Å²) in [5, 5.41) is 0.697. The van der Waals surface area contributed by atoms with Crippen molar-refractivity contribution >= 4 is 17.4 Å². The van der Waals surface area contributed by atoms with Crippen LogP contribution < -0.4 is 0 Å². The van der Waals surface area contributed by atoms with Crippen molar-refractivity contribution < 1.29 is 4.79 Å². The molecule has 0 unspecified atom stereocenters. The van der Waals surface area contributed by atoms with Crippen LogP contribution in [0.1, 0.15) is 12.8 Å². The fourth-order valence-electron chi connectivity index (χ4n) is 0.283. The molecule has 0 atom stereocenters. The molecule has 1 fully saturated rings. The molecule has 0 saturated heterocycles. The normalized spacial score (nSPS) is 20.7. The molecule has 0 aromatic rings. The van der Waals surface area contributed by atoms with E-state index < -0.39 is 0 Å². The van der Waals surface area contributed by atoms with Crippen molar-refractivity contribution in [3.8, 4) is 0 Å². The van der Waals surface area contributed by atoms with Crippen LogP contribution in [-0.2, 0) is 4.79 Å². The smallest absolute Gasteiger partial charge is 0.176 e. The number of thioether (sulfide) groups is 1. The van der Waals surface area contributed by atoms with Gasteiger partial charge in [-0.25, -0.2) is 0 Å². The lowest BCUT2D eigenvalue weighted by atomic mass is 11.0. The number of hydrogen-bond donors (Lipinski definition) is 0. The lowest BCUT2D eigenvalue weighted by molar-refractivity contribution is 0.570. The van der Waals surface area contributed by atoms with E-state index in [-0.39, 0.29) is 0 Å². The van der Waals surface area contributed by atoms with Gasteiger partial charge in [0.25, 0.3) is 0 Å². The van der Waals surface area contributed by atoms with Crippen LogP contribution in [-0.4, -0.2) is 10.9 Å². The van der Waals surface area contributed by atoms with Crippen LogP contribution in [0.15, 0.2) is 0 Å². The average molecular weight is 102 g/mol. The summed E-state index contributed by atoms with van der Waals surface area (Å²) in [6, 6.07) is 0. The van der Waals surface area contributed by atoms with Crippen LogP contribution in [0.25, 0.3) is 0 Å². The number of carbonyl (C=O) groups is 1. The summed E-state index contributed by atoms with van der Waals surface area (Å²) >= 11 is 1.42. The Bertz CT molecular complexity index is 58.6. The molecule has 0 spiro atoms. The highest BCUT2D eigenvalue weighted by atomic mass is 32.2. The lowest BCUT2D eigenvalue weighted by Crippen LogP contribution is -1.66. The number of rotatable bonds is 2. The minimum absolute atomic E-state index is 0.697. The van der Waals surface area contributed by atoms with Gasteiger partial charge in [-0.1, -0.05) is 11.8 Å². The summed E-state index contributed by atoms with van der Waals surface area (Å²) in [5.74, 6) is 0. The van der Waals surface area contributed by atoms with Crippen molar-refractivity contribution in [2.75, 3.05) is 0 Å². The van der Waals surface area contributed by atoms with Crippen LogP contribution in [0.5, 0.6) is 0 Å². The molecule has 0 aromatic heterocycles. The lowest BCUT2D eigenvalue weighted by Gasteiger charge is -1.73.